The minimum absolute atomic E-state index is 0.0528. The second-order valence-corrected chi connectivity index (χ2v) is 5.27. The van der Waals surface area contributed by atoms with Crippen molar-refractivity contribution < 1.29 is 14.3 Å². The van der Waals surface area contributed by atoms with Crippen molar-refractivity contribution in [1.82, 2.24) is 4.57 Å². The van der Waals surface area contributed by atoms with Crippen molar-refractivity contribution in [1.29, 1.82) is 0 Å². The molecule has 0 N–H and O–H groups in total. The molecule has 4 heteroatoms. The predicted molar refractivity (Wildman–Crippen MR) is 73.6 cm³/mol. The van der Waals surface area contributed by atoms with Gasteiger partial charge in [-0.3, -0.25) is 4.79 Å². The molecule has 0 radical (unpaired) electrons. The number of rotatable bonds is 5. The molecule has 1 fully saturated rings. The minimum atomic E-state index is 0.0528. The Morgan fingerprint density at radius 3 is 2.84 bits per heavy atom. The van der Waals surface area contributed by atoms with Crippen LogP contribution in [0.3, 0.4) is 0 Å². The third-order valence-corrected chi connectivity index (χ3v) is 3.89. The average Bonchev–Trinajstić information content (AvgIpc) is 2.68. The number of hydrogen-bond donors (Lipinski definition) is 0. The van der Waals surface area contributed by atoms with Gasteiger partial charge in [-0.1, -0.05) is 0 Å². The normalized spacial score (nSPS) is 19.6. The van der Waals surface area contributed by atoms with Gasteiger partial charge in [0.15, 0.2) is 5.78 Å². The molecule has 0 amide bonds. The number of ketones is 1. The molecule has 2 heterocycles. The van der Waals surface area contributed by atoms with E-state index in [-0.39, 0.29) is 18.5 Å². The highest BCUT2D eigenvalue weighted by Crippen LogP contribution is 2.15. The van der Waals surface area contributed by atoms with E-state index < -0.39 is 0 Å². The van der Waals surface area contributed by atoms with Gasteiger partial charge in [0, 0.05) is 30.6 Å². The van der Waals surface area contributed by atoms with Crippen molar-refractivity contribution in [3.8, 4) is 0 Å². The molecule has 1 unspecified atom stereocenters. The van der Waals surface area contributed by atoms with E-state index >= 15 is 0 Å². The topological polar surface area (TPSA) is 40.5 Å². The van der Waals surface area contributed by atoms with Gasteiger partial charge >= 0.3 is 0 Å². The number of nitrogens with zero attached hydrogens (tertiary/aromatic N) is 1. The van der Waals surface area contributed by atoms with E-state index in [9.17, 15) is 4.79 Å². The predicted octanol–water partition coefficient (Wildman–Crippen LogP) is 2.41. The first-order chi connectivity index (χ1) is 9.09. The average molecular weight is 265 g/mol. The van der Waals surface area contributed by atoms with Crippen LogP contribution in [0.1, 0.15) is 41.0 Å². The molecule has 0 aliphatic carbocycles. The van der Waals surface area contributed by atoms with Gasteiger partial charge in [-0.15, -0.1) is 0 Å². The SMILES string of the molecule is Cc1cc(C(=O)COCC2CCCCO2)c(C)n1C. The van der Waals surface area contributed by atoms with E-state index in [1.165, 1.54) is 6.42 Å². The number of Topliss-reactive ketones (excluding diaryl/α,β-unsaturated/α-hetero) is 1. The standard InChI is InChI=1S/C15H23NO3/c1-11-8-14(12(2)16(11)3)15(17)10-18-9-13-6-4-5-7-19-13/h8,13H,4-7,9-10H2,1-3H3. The Morgan fingerprint density at radius 2 is 2.26 bits per heavy atom. The molecule has 1 saturated heterocycles. The molecule has 1 aliphatic rings. The molecule has 0 bridgehead atoms. The lowest BCUT2D eigenvalue weighted by molar-refractivity contribution is -0.0370. The highest BCUT2D eigenvalue weighted by Gasteiger charge is 2.17. The van der Waals surface area contributed by atoms with Crippen molar-refractivity contribution >= 4 is 5.78 Å². The van der Waals surface area contributed by atoms with Gasteiger partial charge in [-0.25, -0.2) is 0 Å². The summed E-state index contributed by atoms with van der Waals surface area (Å²) in [6.07, 6.45) is 3.54. The Morgan fingerprint density at radius 1 is 1.47 bits per heavy atom. The molecule has 1 atom stereocenters. The van der Waals surface area contributed by atoms with Gasteiger partial charge < -0.3 is 14.0 Å². The van der Waals surface area contributed by atoms with Crippen molar-refractivity contribution in [2.45, 2.75) is 39.2 Å². The quantitative estimate of drug-likeness (QED) is 0.768. The second kappa shape index (κ2) is 6.35. The summed E-state index contributed by atoms with van der Waals surface area (Å²) >= 11 is 0. The van der Waals surface area contributed by atoms with Crippen molar-refractivity contribution in [3.05, 3.63) is 23.0 Å². The summed E-state index contributed by atoms with van der Waals surface area (Å²) < 4.78 is 13.1. The number of carbonyl (C=O) groups is 1. The van der Waals surface area contributed by atoms with Gasteiger partial charge in [0.05, 0.1) is 12.7 Å². The fraction of sp³-hybridized carbons (Fsp3) is 0.667. The van der Waals surface area contributed by atoms with Crippen LogP contribution < -0.4 is 0 Å². The van der Waals surface area contributed by atoms with Gasteiger partial charge in [0.1, 0.15) is 6.61 Å². The van der Waals surface area contributed by atoms with Crippen LogP contribution in [0, 0.1) is 13.8 Å². The maximum absolute atomic E-state index is 12.1. The first kappa shape index (κ1) is 14.3. The fourth-order valence-electron chi connectivity index (χ4n) is 2.44. The Balaban J connectivity index is 1.82. The number of aryl methyl sites for hydroxylation is 1. The summed E-state index contributed by atoms with van der Waals surface area (Å²) in [6, 6.07) is 1.93. The lowest BCUT2D eigenvalue weighted by atomic mass is 10.1. The van der Waals surface area contributed by atoms with E-state index in [4.69, 9.17) is 9.47 Å². The number of aromatic nitrogens is 1. The molecule has 0 spiro atoms. The first-order valence-electron chi connectivity index (χ1n) is 6.95. The Labute approximate surface area is 114 Å². The number of carbonyl (C=O) groups excluding carboxylic acids is 1. The molecular weight excluding hydrogens is 242 g/mol. The second-order valence-electron chi connectivity index (χ2n) is 5.27. The maximum Gasteiger partial charge on any atom is 0.190 e. The highest BCUT2D eigenvalue weighted by atomic mass is 16.5. The van der Waals surface area contributed by atoms with Crippen LogP contribution in [0.25, 0.3) is 0 Å². The third-order valence-electron chi connectivity index (χ3n) is 3.89. The first-order valence-corrected chi connectivity index (χ1v) is 6.95. The Bertz CT molecular complexity index is 444. The van der Waals surface area contributed by atoms with Crippen LogP contribution in [0.5, 0.6) is 0 Å². The summed E-state index contributed by atoms with van der Waals surface area (Å²) in [7, 11) is 1.97. The van der Waals surface area contributed by atoms with E-state index in [2.05, 4.69) is 0 Å². The van der Waals surface area contributed by atoms with E-state index in [1.807, 2.05) is 31.5 Å². The Hall–Kier alpha value is -1.13. The van der Waals surface area contributed by atoms with Gasteiger partial charge in [-0.2, -0.15) is 0 Å². The minimum Gasteiger partial charge on any atom is -0.376 e. The van der Waals surface area contributed by atoms with Crippen molar-refractivity contribution in [3.63, 3.8) is 0 Å². The lowest BCUT2D eigenvalue weighted by Gasteiger charge is -2.22. The van der Waals surface area contributed by atoms with Crippen LogP contribution in [0.4, 0.5) is 0 Å². The molecule has 1 aromatic rings. The van der Waals surface area contributed by atoms with Crippen LogP contribution in [0.2, 0.25) is 0 Å². The Kier molecular flexibility index (Phi) is 4.77. The molecule has 106 valence electrons. The zero-order valence-corrected chi connectivity index (χ0v) is 12.1. The van der Waals surface area contributed by atoms with E-state index in [0.29, 0.717) is 6.61 Å². The van der Waals surface area contributed by atoms with Crippen LogP contribution >= 0.6 is 0 Å². The molecule has 1 aromatic heterocycles. The number of hydrogen-bond acceptors (Lipinski definition) is 3. The summed E-state index contributed by atoms with van der Waals surface area (Å²) in [5.74, 6) is 0.0528. The smallest absolute Gasteiger partial charge is 0.190 e. The third kappa shape index (κ3) is 3.45. The van der Waals surface area contributed by atoms with Crippen molar-refractivity contribution in [2.75, 3.05) is 19.8 Å². The molecule has 19 heavy (non-hydrogen) atoms. The monoisotopic (exact) mass is 265 g/mol. The molecule has 0 saturated carbocycles. The van der Waals surface area contributed by atoms with Gasteiger partial charge in [0.2, 0.25) is 0 Å². The summed E-state index contributed by atoms with van der Waals surface area (Å²) in [5, 5.41) is 0. The highest BCUT2D eigenvalue weighted by molar-refractivity contribution is 5.98. The fourth-order valence-corrected chi connectivity index (χ4v) is 2.44. The largest absolute Gasteiger partial charge is 0.376 e. The zero-order chi connectivity index (χ0) is 13.8. The molecule has 4 nitrogen and oxygen atoms in total. The van der Waals surface area contributed by atoms with Gasteiger partial charge in [0.25, 0.3) is 0 Å². The number of ether oxygens (including phenoxy) is 2. The van der Waals surface area contributed by atoms with Crippen LogP contribution in [-0.2, 0) is 16.5 Å². The summed E-state index contributed by atoms with van der Waals surface area (Å²) in [5.41, 5.74) is 2.86. The van der Waals surface area contributed by atoms with E-state index in [1.54, 1.807) is 0 Å². The summed E-state index contributed by atoms with van der Waals surface area (Å²) in [6.45, 7) is 5.45. The molecule has 1 aliphatic heterocycles. The van der Waals surface area contributed by atoms with Gasteiger partial charge in [-0.05, 0) is 39.2 Å². The lowest BCUT2D eigenvalue weighted by Crippen LogP contribution is -2.25. The van der Waals surface area contributed by atoms with Crippen LogP contribution in [-0.4, -0.2) is 36.3 Å². The van der Waals surface area contributed by atoms with E-state index in [0.717, 1.165) is 36.4 Å². The van der Waals surface area contributed by atoms with Crippen molar-refractivity contribution in [2.24, 2.45) is 7.05 Å². The summed E-state index contributed by atoms with van der Waals surface area (Å²) in [4.78, 5) is 12.1. The molecular formula is C15H23NO3. The maximum atomic E-state index is 12.1. The molecule has 2 rings (SSSR count). The van der Waals surface area contributed by atoms with Crippen LogP contribution in [0.15, 0.2) is 6.07 Å². The molecule has 0 aromatic carbocycles. The zero-order valence-electron chi connectivity index (χ0n) is 12.1.